The number of ether oxygens (including phenoxy) is 1. The predicted molar refractivity (Wildman–Crippen MR) is 96.6 cm³/mol. The molecule has 0 saturated carbocycles. The first-order chi connectivity index (χ1) is 11.3. The van der Waals surface area contributed by atoms with Gasteiger partial charge in [-0.2, -0.15) is 5.10 Å². The first kappa shape index (κ1) is 18.5. The monoisotopic (exact) mass is 331 g/mol. The number of benzene rings is 1. The van der Waals surface area contributed by atoms with Gasteiger partial charge >= 0.3 is 0 Å². The van der Waals surface area contributed by atoms with Crippen LogP contribution in [0.3, 0.4) is 0 Å². The van der Waals surface area contributed by atoms with E-state index in [9.17, 15) is 5.11 Å². The Morgan fingerprint density at radius 2 is 2.00 bits per heavy atom. The Morgan fingerprint density at radius 3 is 2.54 bits per heavy atom. The van der Waals surface area contributed by atoms with E-state index in [0.717, 1.165) is 22.7 Å². The summed E-state index contributed by atoms with van der Waals surface area (Å²) in [7, 11) is 1.68. The number of aliphatic hydroxyl groups is 1. The highest BCUT2D eigenvalue weighted by molar-refractivity contribution is 5.45. The number of methoxy groups -OCH3 is 1. The largest absolute Gasteiger partial charge is 0.496 e. The predicted octanol–water partition coefficient (Wildman–Crippen LogP) is 2.58. The van der Waals surface area contributed by atoms with Crippen molar-refractivity contribution in [2.45, 2.75) is 45.6 Å². The van der Waals surface area contributed by atoms with Crippen molar-refractivity contribution in [1.82, 2.24) is 9.78 Å². The van der Waals surface area contributed by atoms with Gasteiger partial charge in [0.1, 0.15) is 5.75 Å². The summed E-state index contributed by atoms with van der Waals surface area (Å²) in [5.41, 5.74) is 10.4. The average molecular weight is 331 g/mol. The SMILES string of the molecule is COc1ccc(C(C)(C)C)cc1C(CN)c1cc(C)nn1CCO. The molecule has 0 aliphatic heterocycles. The van der Waals surface area contributed by atoms with Gasteiger partial charge in [0.2, 0.25) is 0 Å². The van der Waals surface area contributed by atoms with Gasteiger partial charge in [-0.05, 0) is 30.0 Å². The molecule has 5 heteroatoms. The van der Waals surface area contributed by atoms with Crippen LogP contribution in [-0.2, 0) is 12.0 Å². The number of hydrogen-bond donors (Lipinski definition) is 2. The van der Waals surface area contributed by atoms with E-state index in [1.54, 1.807) is 7.11 Å². The van der Waals surface area contributed by atoms with Crippen LogP contribution in [0.25, 0.3) is 0 Å². The maximum Gasteiger partial charge on any atom is 0.122 e. The third kappa shape index (κ3) is 3.79. The highest BCUT2D eigenvalue weighted by Gasteiger charge is 2.24. The van der Waals surface area contributed by atoms with Crippen molar-refractivity contribution < 1.29 is 9.84 Å². The Balaban J connectivity index is 2.58. The zero-order valence-corrected chi connectivity index (χ0v) is 15.3. The van der Waals surface area contributed by atoms with E-state index in [1.807, 2.05) is 23.7 Å². The van der Waals surface area contributed by atoms with Gasteiger partial charge in [0.25, 0.3) is 0 Å². The topological polar surface area (TPSA) is 73.3 Å². The second-order valence-electron chi connectivity index (χ2n) is 7.15. The van der Waals surface area contributed by atoms with Crippen molar-refractivity contribution in [1.29, 1.82) is 0 Å². The smallest absolute Gasteiger partial charge is 0.122 e. The quantitative estimate of drug-likeness (QED) is 0.853. The Bertz CT molecular complexity index is 686. The maximum atomic E-state index is 9.31. The van der Waals surface area contributed by atoms with E-state index in [0.29, 0.717) is 13.1 Å². The Kier molecular flexibility index (Phi) is 5.67. The average Bonchev–Trinajstić information content (AvgIpc) is 2.88. The van der Waals surface area contributed by atoms with E-state index in [-0.39, 0.29) is 17.9 Å². The van der Waals surface area contributed by atoms with Gasteiger partial charge in [0, 0.05) is 23.7 Å². The zero-order chi connectivity index (χ0) is 17.9. The Labute approximate surface area is 144 Å². The van der Waals surface area contributed by atoms with Gasteiger partial charge in [-0.1, -0.05) is 32.9 Å². The van der Waals surface area contributed by atoms with Crippen LogP contribution in [0.15, 0.2) is 24.3 Å². The molecule has 24 heavy (non-hydrogen) atoms. The fourth-order valence-corrected chi connectivity index (χ4v) is 3.00. The molecular weight excluding hydrogens is 302 g/mol. The van der Waals surface area contributed by atoms with Gasteiger partial charge in [-0.3, -0.25) is 4.68 Å². The summed E-state index contributed by atoms with van der Waals surface area (Å²) in [5, 5.41) is 13.8. The van der Waals surface area contributed by atoms with Crippen molar-refractivity contribution in [3.05, 3.63) is 46.8 Å². The molecule has 132 valence electrons. The number of aromatic nitrogens is 2. The lowest BCUT2D eigenvalue weighted by atomic mass is 9.83. The normalized spacial score (nSPS) is 13.1. The second-order valence-corrected chi connectivity index (χ2v) is 7.15. The minimum atomic E-state index is -0.0324. The second kappa shape index (κ2) is 7.36. The first-order valence-corrected chi connectivity index (χ1v) is 8.35. The minimum Gasteiger partial charge on any atom is -0.496 e. The summed E-state index contributed by atoms with van der Waals surface area (Å²) in [5.74, 6) is 0.794. The molecule has 0 bridgehead atoms. The van der Waals surface area contributed by atoms with E-state index in [2.05, 4.69) is 38.0 Å². The van der Waals surface area contributed by atoms with Crippen LogP contribution >= 0.6 is 0 Å². The molecule has 5 nitrogen and oxygen atoms in total. The lowest BCUT2D eigenvalue weighted by molar-refractivity contribution is 0.266. The number of nitrogens with two attached hydrogens (primary N) is 1. The summed E-state index contributed by atoms with van der Waals surface area (Å²) in [4.78, 5) is 0. The number of aliphatic hydroxyl groups excluding tert-OH is 1. The molecule has 2 aromatic rings. The molecule has 1 aromatic heterocycles. The summed E-state index contributed by atoms with van der Waals surface area (Å²) in [6.45, 7) is 9.47. The minimum absolute atomic E-state index is 0.0324. The third-order valence-corrected chi connectivity index (χ3v) is 4.31. The van der Waals surface area contributed by atoms with E-state index in [1.165, 1.54) is 5.56 Å². The Hall–Kier alpha value is -1.85. The maximum absolute atomic E-state index is 9.31. The standard InChI is InChI=1S/C19H29N3O2/c1-13-10-17(22(21-13)8-9-23)16(12-20)15-11-14(19(2,3)4)6-7-18(15)24-5/h6-7,10-11,16,23H,8-9,12,20H2,1-5H3. The molecule has 3 N–H and O–H groups in total. The first-order valence-electron chi connectivity index (χ1n) is 8.35. The lowest BCUT2D eigenvalue weighted by Crippen LogP contribution is -2.21. The number of aryl methyl sites for hydroxylation is 1. The van der Waals surface area contributed by atoms with Gasteiger partial charge < -0.3 is 15.6 Å². The van der Waals surface area contributed by atoms with E-state index in [4.69, 9.17) is 10.5 Å². The van der Waals surface area contributed by atoms with Crippen LogP contribution in [0.1, 0.15) is 49.2 Å². The highest BCUT2D eigenvalue weighted by atomic mass is 16.5. The molecule has 0 fully saturated rings. The van der Waals surface area contributed by atoms with Gasteiger partial charge in [-0.25, -0.2) is 0 Å². The van der Waals surface area contributed by atoms with Gasteiger partial charge in [0.05, 0.1) is 26.0 Å². The summed E-state index contributed by atoms with van der Waals surface area (Å²) >= 11 is 0. The highest BCUT2D eigenvalue weighted by Crippen LogP contribution is 2.35. The number of nitrogens with zero attached hydrogens (tertiary/aromatic N) is 2. The van der Waals surface area contributed by atoms with Crippen LogP contribution in [0.2, 0.25) is 0 Å². The Morgan fingerprint density at radius 1 is 1.29 bits per heavy atom. The fraction of sp³-hybridized carbons (Fsp3) is 0.526. The number of rotatable bonds is 6. The molecule has 0 aliphatic rings. The molecule has 2 rings (SSSR count). The number of hydrogen-bond acceptors (Lipinski definition) is 4. The van der Waals surface area contributed by atoms with Crippen molar-refractivity contribution in [3.8, 4) is 5.75 Å². The molecule has 0 spiro atoms. The zero-order valence-electron chi connectivity index (χ0n) is 15.3. The summed E-state index contributed by atoms with van der Waals surface area (Å²) < 4.78 is 7.43. The lowest BCUT2D eigenvalue weighted by Gasteiger charge is -2.24. The fourth-order valence-electron chi connectivity index (χ4n) is 3.00. The molecule has 1 atom stereocenters. The van der Waals surface area contributed by atoms with Crippen molar-refractivity contribution >= 4 is 0 Å². The summed E-state index contributed by atoms with van der Waals surface area (Å²) in [6.07, 6.45) is 0. The van der Waals surface area contributed by atoms with Crippen LogP contribution < -0.4 is 10.5 Å². The third-order valence-electron chi connectivity index (χ3n) is 4.31. The molecular formula is C19H29N3O2. The van der Waals surface area contributed by atoms with Crippen LogP contribution in [0.4, 0.5) is 0 Å². The molecule has 0 aliphatic carbocycles. The molecule has 1 aromatic carbocycles. The van der Waals surface area contributed by atoms with Crippen LogP contribution in [-0.4, -0.2) is 35.1 Å². The summed E-state index contributed by atoms with van der Waals surface area (Å²) in [6, 6.07) is 8.34. The van der Waals surface area contributed by atoms with Crippen LogP contribution in [0, 0.1) is 6.92 Å². The van der Waals surface area contributed by atoms with Gasteiger partial charge in [-0.15, -0.1) is 0 Å². The van der Waals surface area contributed by atoms with E-state index < -0.39 is 0 Å². The molecule has 1 unspecified atom stereocenters. The molecule has 1 heterocycles. The van der Waals surface area contributed by atoms with E-state index >= 15 is 0 Å². The van der Waals surface area contributed by atoms with Crippen molar-refractivity contribution in [2.75, 3.05) is 20.3 Å². The van der Waals surface area contributed by atoms with Crippen molar-refractivity contribution in [3.63, 3.8) is 0 Å². The van der Waals surface area contributed by atoms with Crippen LogP contribution in [0.5, 0.6) is 5.75 Å². The molecule has 0 amide bonds. The van der Waals surface area contributed by atoms with Gasteiger partial charge in [0.15, 0.2) is 0 Å². The molecule has 0 radical (unpaired) electrons. The molecule has 0 saturated heterocycles. The van der Waals surface area contributed by atoms with Crippen molar-refractivity contribution in [2.24, 2.45) is 5.73 Å².